The zero-order valence-electron chi connectivity index (χ0n) is 7.02. The highest BCUT2D eigenvalue weighted by atomic mass is 16.6. The second-order valence-electron chi connectivity index (χ2n) is 2.47. The third-order valence-corrected chi connectivity index (χ3v) is 1.64. The number of methoxy groups -OCH3 is 1. The van der Waals surface area contributed by atoms with Gasteiger partial charge in [-0.05, 0) is 12.1 Å². The quantitative estimate of drug-likeness (QED) is 0.635. The number of hydrogen-bond donors (Lipinski definition) is 1. The summed E-state index contributed by atoms with van der Waals surface area (Å²) in [7, 11) is 2.96. The molecule has 0 radical (unpaired) electrons. The Morgan fingerprint density at radius 3 is 2.92 bits per heavy atom. The molecule has 4 heteroatoms. The summed E-state index contributed by atoms with van der Waals surface area (Å²) in [4.78, 5) is 11.3. The maximum atomic E-state index is 11.3. The fourth-order valence-electron chi connectivity index (χ4n) is 0.933. The average molecular weight is 169 g/mol. The standard InChI is InChI=1S/C8H11NO3/c1-9-5-3-4-6(7(9)10)8(11)12-2/h3-5,8,11H,1-2H3. The van der Waals surface area contributed by atoms with Crippen LogP contribution < -0.4 is 5.56 Å². The molecule has 1 rings (SSSR count). The third-order valence-electron chi connectivity index (χ3n) is 1.64. The van der Waals surface area contributed by atoms with Crippen molar-refractivity contribution in [2.45, 2.75) is 6.29 Å². The second kappa shape index (κ2) is 3.51. The van der Waals surface area contributed by atoms with Crippen LogP contribution >= 0.6 is 0 Å². The summed E-state index contributed by atoms with van der Waals surface area (Å²) in [5.74, 6) is 0. The molecular weight excluding hydrogens is 158 g/mol. The molecule has 0 fully saturated rings. The molecule has 0 bridgehead atoms. The molecule has 12 heavy (non-hydrogen) atoms. The van der Waals surface area contributed by atoms with Crippen molar-refractivity contribution >= 4 is 0 Å². The van der Waals surface area contributed by atoms with Crippen molar-refractivity contribution in [1.82, 2.24) is 4.57 Å². The average Bonchev–Trinajstić information content (AvgIpc) is 2.08. The lowest BCUT2D eigenvalue weighted by atomic mass is 10.2. The van der Waals surface area contributed by atoms with Gasteiger partial charge in [-0.25, -0.2) is 0 Å². The van der Waals surface area contributed by atoms with Crippen LogP contribution in [0.25, 0.3) is 0 Å². The number of hydrogen-bond acceptors (Lipinski definition) is 3. The molecule has 4 nitrogen and oxygen atoms in total. The van der Waals surface area contributed by atoms with Crippen LogP contribution in [0.15, 0.2) is 23.1 Å². The van der Waals surface area contributed by atoms with Crippen LogP contribution in [0.4, 0.5) is 0 Å². The molecule has 1 aromatic heterocycles. The molecule has 0 spiro atoms. The Hall–Kier alpha value is -1.13. The maximum absolute atomic E-state index is 11.3. The van der Waals surface area contributed by atoms with Gasteiger partial charge in [0.1, 0.15) is 0 Å². The lowest BCUT2D eigenvalue weighted by molar-refractivity contribution is -0.0780. The Kier molecular flexibility index (Phi) is 2.62. The SMILES string of the molecule is COC(O)c1cccn(C)c1=O. The summed E-state index contributed by atoms with van der Waals surface area (Å²) in [6.07, 6.45) is 0.485. The Balaban J connectivity index is 3.17. The zero-order valence-corrected chi connectivity index (χ0v) is 7.02. The minimum Gasteiger partial charge on any atom is -0.364 e. The van der Waals surface area contributed by atoms with Gasteiger partial charge in [-0.3, -0.25) is 4.79 Å². The van der Waals surface area contributed by atoms with Crippen LogP contribution in [-0.4, -0.2) is 16.8 Å². The highest BCUT2D eigenvalue weighted by Gasteiger charge is 2.09. The van der Waals surface area contributed by atoms with Crippen molar-refractivity contribution in [1.29, 1.82) is 0 Å². The van der Waals surface area contributed by atoms with E-state index < -0.39 is 6.29 Å². The molecular formula is C8H11NO3. The van der Waals surface area contributed by atoms with Gasteiger partial charge in [0, 0.05) is 20.4 Å². The first-order valence-corrected chi connectivity index (χ1v) is 3.53. The normalized spacial score (nSPS) is 12.9. The number of pyridine rings is 1. The Labute approximate surface area is 70.0 Å². The van der Waals surface area contributed by atoms with Crippen LogP contribution in [-0.2, 0) is 11.8 Å². The van der Waals surface area contributed by atoms with E-state index >= 15 is 0 Å². The number of nitrogens with zero attached hydrogens (tertiary/aromatic N) is 1. The molecule has 0 saturated carbocycles. The Morgan fingerprint density at radius 1 is 1.67 bits per heavy atom. The van der Waals surface area contributed by atoms with Crippen molar-refractivity contribution in [3.8, 4) is 0 Å². The first-order chi connectivity index (χ1) is 5.66. The number of aliphatic hydroxyl groups excluding tert-OH is 1. The molecule has 66 valence electrons. The second-order valence-corrected chi connectivity index (χ2v) is 2.47. The van der Waals surface area contributed by atoms with E-state index in [0.717, 1.165) is 0 Å². The molecule has 0 aliphatic carbocycles. The minimum absolute atomic E-state index is 0.244. The topological polar surface area (TPSA) is 51.5 Å². The number of aliphatic hydroxyl groups is 1. The Morgan fingerprint density at radius 2 is 2.33 bits per heavy atom. The van der Waals surface area contributed by atoms with Gasteiger partial charge in [0.05, 0.1) is 5.56 Å². The van der Waals surface area contributed by atoms with Crippen molar-refractivity contribution in [3.05, 3.63) is 34.2 Å². The van der Waals surface area contributed by atoms with E-state index in [1.807, 2.05) is 0 Å². The van der Waals surface area contributed by atoms with Gasteiger partial charge in [-0.15, -0.1) is 0 Å². The van der Waals surface area contributed by atoms with E-state index in [4.69, 9.17) is 0 Å². The van der Waals surface area contributed by atoms with Crippen LogP contribution in [0, 0.1) is 0 Å². The highest BCUT2D eigenvalue weighted by Crippen LogP contribution is 2.06. The molecule has 1 atom stereocenters. The monoisotopic (exact) mass is 169 g/mol. The molecule has 1 aromatic rings. The van der Waals surface area contributed by atoms with Crippen molar-refractivity contribution in [2.24, 2.45) is 7.05 Å². The van der Waals surface area contributed by atoms with Crippen molar-refractivity contribution < 1.29 is 9.84 Å². The molecule has 0 saturated heterocycles. The molecule has 0 aliphatic rings. The predicted octanol–water partition coefficient (Wildman–Crippen LogP) is 0.0226. The van der Waals surface area contributed by atoms with Crippen LogP contribution in [0.2, 0.25) is 0 Å². The minimum atomic E-state index is -1.13. The highest BCUT2D eigenvalue weighted by molar-refractivity contribution is 5.11. The van der Waals surface area contributed by atoms with Gasteiger partial charge < -0.3 is 14.4 Å². The van der Waals surface area contributed by atoms with Gasteiger partial charge in [0.2, 0.25) is 0 Å². The van der Waals surface area contributed by atoms with E-state index in [9.17, 15) is 9.90 Å². The smallest absolute Gasteiger partial charge is 0.258 e. The summed E-state index contributed by atoms with van der Waals surface area (Å²) in [5, 5.41) is 9.20. The summed E-state index contributed by atoms with van der Waals surface area (Å²) in [6, 6.07) is 3.22. The fourth-order valence-corrected chi connectivity index (χ4v) is 0.933. The first kappa shape index (κ1) is 8.96. The first-order valence-electron chi connectivity index (χ1n) is 3.53. The molecule has 1 unspecified atom stereocenters. The van der Waals surface area contributed by atoms with E-state index in [-0.39, 0.29) is 11.1 Å². The number of aryl methyl sites for hydroxylation is 1. The van der Waals surface area contributed by atoms with Crippen LogP contribution in [0.5, 0.6) is 0 Å². The summed E-state index contributed by atoms with van der Waals surface area (Å²) >= 11 is 0. The zero-order chi connectivity index (χ0) is 9.14. The number of rotatable bonds is 2. The van der Waals surface area contributed by atoms with Gasteiger partial charge in [-0.2, -0.15) is 0 Å². The lowest BCUT2D eigenvalue weighted by Crippen LogP contribution is -2.22. The maximum Gasteiger partial charge on any atom is 0.258 e. The molecule has 1 N–H and O–H groups in total. The molecule has 0 amide bonds. The Bertz CT molecular complexity index is 318. The van der Waals surface area contributed by atoms with Gasteiger partial charge in [-0.1, -0.05) is 0 Å². The fraction of sp³-hybridized carbons (Fsp3) is 0.375. The van der Waals surface area contributed by atoms with Crippen molar-refractivity contribution in [2.75, 3.05) is 7.11 Å². The number of ether oxygens (including phenoxy) is 1. The molecule has 0 aromatic carbocycles. The van der Waals surface area contributed by atoms with E-state index in [1.165, 1.54) is 17.7 Å². The largest absolute Gasteiger partial charge is 0.364 e. The lowest BCUT2D eigenvalue weighted by Gasteiger charge is -2.08. The van der Waals surface area contributed by atoms with Gasteiger partial charge in [0.25, 0.3) is 5.56 Å². The molecule has 0 aliphatic heterocycles. The van der Waals surface area contributed by atoms with E-state index in [2.05, 4.69) is 4.74 Å². The predicted molar refractivity (Wildman–Crippen MR) is 43.7 cm³/mol. The van der Waals surface area contributed by atoms with E-state index in [1.54, 1.807) is 19.3 Å². The third kappa shape index (κ3) is 1.54. The summed E-state index contributed by atoms with van der Waals surface area (Å²) in [5.41, 5.74) is 0.00866. The summed E-state index contributed by atoms with van der Waals surface area (Å²) < 4.78 is 6.00. The van der Waals surface area contributed by atoms with Crippen LogP contribution in [0.3, 0.4) is 0 Å². The van der Waals surface area contributed by atoms with Gasteiger partial charge in [0.15, 0.2) is 6.29 Å². The van der Waals surface area contributed by atoms with Gasteiger partial charge >= 0.3 is 0 Å². The van der Waals surface area contributed by atoms with Crippen LogP contribution in [0.1, 0.15) is 11.9 Å². The molecule has 1 heterocycles. The summed E-state index contributed by atoms with van der Waals surface area (Å²) in [6.45, 7) is 0. The number of aromatic nitrogens is 1. The van der Waals surface area contributed by atoms with E-state index in [0.29, 0.717) is 0 Å². The van der Waals surface area contributed by atoms with Crippen molar-refractivity contribution in [3.63, 3.8) is 0 Å².